The smallest absolute Gasteiger partial charge is 0.135 e. The van der Waals surface area contributed by atoms with Crippen LogP contribution in [0.5, 0.6) is 0 Å². The molecule has 0 amide bonds. The van der Waals surface area contributed by atoms with Crippen LogP contribution in [0.15, 0.2) is 12.4 Å². The van der Waals surface area contributed by atoms with Gasteiger partial charge in [-0.2, -0.15) is 5.10 Å². The van der Waals surface area contributed by atoms with E-state index in [0.717, 1.165) is 24.9 Å². The number of rotatable bonds is 6. The predicted octanol–water partition coefficient (Wildman–Crippen LogP) is 2.45. The number of carbonyl (C=O) groups excluding carboxylic acids is 1. The molecule has 1 aromatic rings. The molecule has 1 aromatic heterocycles. The Morgan fingerprint density at radius 2 is 2.27 bits per heavy atom. The maximum Gasteiger partial charge on any atom is 0.135 e. The first-order chi connectivity index (χ1) is 7.13. The summed E-state index contributed by atoms with van der Waals surface area (Å²) in [7, 11) is 0. The second kappa shape index (κ2) is 5.69. The van der Waals surface area contributed by atoms with E-state index >= 15 is 0 Å². The van der Waals surface area contributed by atoms with E-state index < -0.39 is 0 Å². The van der Waals surface area contributed by atoms with Crippen LogP contribution in [0, 0.1) is 5.92 Å². The van der Waals surface area contributed by atoms with Gasteiger partial charge in [0.25, 0.3) is 0 Å². The molecule has 0 fully saturated rings. The van der Waals surface area contributed by atoms with Crippen molar-refractivity contribution in [1.29, 1.82) is 0 Å². The molecule has 1 rings (SSSR count). The average Bonchev–Trinajstić information content (AvgIpc) is 2.62. The summed E-state index contributed by atoms with van der Waals surface area (Å²) in [6.07, 6.45) is 6.45. The molecule has 0 aliphatic heterocycles. The van der Waals surface area contributed by atoms with Crippen LogP contribution in [0.4, 0.5) is 0 Å². The van der Waals surface area contributed by atoms with Crippen molar-refractivity contribution in [3.8, 4) is 0 Å². The van der Waals surface area contributed by atoms with Crippen molar-refractivity contribution < 1.29 is 4.79 Å². The number of Topliss-reactive ketones (excluding diaryl/α,β-unsaturated/α-hetero) is 1. The highest BCUT2D eigenvalue weighted by Crippen LogP contribution is 2.06. The number of aromatic nitrogens is 2. The van der Waals surface area contributed by atoms with Gasteiger partial charge in [0.05, 0.1) is 6.20 Å². The van der Waals surface area contributed by atoms with Gasteiger partial charge in [0, 0.05) is 25.1 Å². The number of hydrogen-bond acceptors (Lipinski definition) is 2. The maximum absolute atomic E-state index is 11.4. The molecule has 1 heterocycles. The van der Waals surface area contributed by atoms with E-state index in [-0.39, 0.29) is 5.92 Å². The van der Waals surface area contributed by atoms with E-state index in [1.165, 1.54) is 0 Å². The largest absolute Gasteiger partial charge is 0.299 e. The molecule has 0 spiro atoms. The molecular weight excluding hydrogens is 188 g/mol. The molecule has 84 valence electrons. The van der Waals surface area contributed by atoms with Gasteiger partial charge in [0.15, 0.2) is 0 Å². The molecule has 3 heteroatoms. The van der Waals surface area contributed by atoms with Crippen LogP contribution in [0.3, 0.4) is 0 Å². The summed E-state index contributed by atoms with van der Waals surface area (Å²) < 4.78 is 1.94. The summed E-state index contributed by atoms with van der Waals surface area (Å²) in [4.78, 5) is 11.4. The Kier molecular flexibility index (Phi) is 4.53. The maximum atomic E-state index is 11.4. The van der Waals surface area contributed by atoms with Gasteiger partial charge in [-0.05, 0) is 18.4 Å². The minimum absolute atomic E-state index is 0.149. The van der Waals surface area contributed by atoms with Gasteiger partial charge in [-0.15, -0.1) is 0 Å². The first-order valence-electron chi connectivity index (χ1n) is 5.67. The van der Waals surface area contributed by atoms with Crippen molar-refractivity contribution in [3.63, 3.8) is 0 Å². The zero-order valence-corrected chi connectivity index (χ0v) is 9.86. The Morgan fingerprint density at radius 1 is 1.53 bits per heavy atom. The predicted molar refractivity (Wildman–Crippen MR) is 60.7 cm³/mol. The number of nitrogens with zero attached hydrogens (tertiary/aromatic N) is 2. The van der Waals surface area contributed by atoms with Crippen LogP contribution in [0.1, 0.15) is 39.2 Å². The highest BCUT2D eigenvalue weighted by atomic mass is 16.1. The summed E-state index contributed by atoms with van der Waals surface area (Å²) in [5.74, 6) is 0.480. The number of carbonyl (C=O) groups is 1. The molecule has 0 radical (unpaired) electrons. The van der Waals surface area contributed by atoms with Crippen molar-refractivity contribution in [2.75, 3.05) is 0 Å². The van der Waals surface area contributed by atoms with Crippen LogP contribution >= 0.6 is 0 Å². The zero-order valence-electron chi connectivity index (χ0n) is 9.86. The van der Waals surface area contributed by atoms with E-state index in [2.05, 4.69) is 12.0 Å². The lowest BCUT2D eigenvalue weighted by Crippen LogP contribution is -2.07. The Morgan fingerprint density at radius 3 is 2.87 bits per heavy atom. The van der Waals surface area contributed by atoms with Gasteiger partial charge < -0.3 is 0 Å². The van der Waals surface area contributed by atoms with E-state index in [1.807, 2.05) is 30.9 Å². The van der Waals surface area contributed by atoms with Gasteiger partial charge in [0.2, 0.25) is 0 Å². The average molecular weight is 208 g/mol. The van der Waals surface area contributed by atoms with Gasteiger partial charge in [0.1, 0.15) is 5.78 Å². The SMILES string of the molecule is CCCn1cc(CCC(=O)C(C)C)cn1. The van der Waals surface area contributed by atoms with Crippen LogP contribution in [-0.2, 0) is 17.8 Å². The normalized spacial score (nSPS) is 10.9. The highest BCUT2D eigenvalue weighted by molar-refractivity contribution is 5.80. The van der Waals surface area contributed by atoms with Gasteiger partial charge in [-0.3, -0.25) is 9.48 Å². The van der Waals surface area contributed by atoms with E-state index in [0.29, 0.717) is 12.2 Å². The van der Waals surface area contributed by atoms with Gasteiger partial charge in [-0.1, -0.05) is 20.8 Å². The third kappa shape index (κ3) is 3.86. The fourth-order valence-corrected chi connectivity index (χ4v) is 1.44. The molecule has 0 bridgehead atoms. The minimum Gasteiger partial charge on any atom is -0.299 e. The first-order valence-corrected chi connectivity index (χ1v) is 5.67. The molecule has 0 N–H and O–H groups in total. The van der Waals surface area contributed by atoms with Crippen molar-refractivity contribution in [2.24, 2.45) is 5.92 Å². The second-order valence-corrected chi connectivity index (χ2v) is 4.23. The van der Waals surface area contributed by atoms with E-state index in [1.54, 1.807) is 0 Å². The molecule has 0 saturated heterocycles. The van der Waals surface area contributed by atoms with Gasteiger partial charge >= 0.3 is 0 Å². The van der Waals surface area contributed by atoms with E-state index in [9.17, 15) is 4.79 Å². The van der Waals surface area contributed by atoms with E-state index in [4.69, 9.17) is 0 Å². The Balaban J connectivity index is 2.40. The number of aryl methyl sites for hydroxylation is 2. The number of ketones is 1. The quantitative estimate of drug-likeness (QED) is 0.719. The Bertz CT molecular complexity index is 315. The number of hydrogen-bond donors (Lipinski definition) is 0. The lowest BCUT2D eigenvalue weighted by Gasteiger charge is -2.01. The van der Waals surface area contributed by atoms with Crippen LogP contribution < -0.4 is 0 Å². The standard InChI is InChI=1S/C12H20N2O/c1-4-7-14-9-11(8-13-14)5-6-12(15)10(2)3/h8-10H,4-7H2,1-3H3. The third-order valence-corrected chi connectivity index (χ3v) is 2.44. The molecule has 0 aliphatic carbocycles. The fraction of sp³-hybridized carbons (Fsp3) is 0.667. The molecule has 0 aliphatic rings. The zero-order chi connectivity index (χ0) is 11.3. The Hall–Kier alpha value is -1.12. The minimum atomic E-state index is 0.149. The van der Waals surface area contributed by atoms with Crippen molar-refractivity contribution in [2.45, 2.75) is 46.6 Å². The second-order valence-electron chi connectivity index (χ2n) is 4.23. The first kappa shape index (κ1) is 12.0. The van der Waals surface area contributed by atoms with Crippen LogP contribution in [-0.4, -0.2) is 15.6 Å². The lowest BCUT2D eigenvalue weighted by molar-refractivity contribution is -0.121. The highest BCUT2D eigenvalue weighted by Gasteiger charge is 2.07. The molecule has 15 heavy (non-hydrogen) atoms. The lowest BCUT2D eigenvalue weighted by atomic mass is 10.0. The molecule has 0 unspecified atom stereocenters. The molecule has 0 atom stereocenters. The van der Waals surface area contributed by atoms with Crippen molar-refractivity contribution >= 4 is 5.78 Å². The molecule has 3 nitrogen and oxygen atoms in total. The third-order valence-electron chi connectivity index (χ3n) is 2.44. The topological polar surface area (TPSA) is 34.9 Å². The summed E-state index contributed by atoms with van der Waals surface area (Å²) in [6, 6.07) is 0. The fourth-order valence-electron chi connectivity index (χ4n) is 1.44. The van der Waals surface area contributed by atoms with Crippen molar-refractivity contribution in [1.82, 2.24) is 9.78 Å². The van der Waals surface area contributed by atoms with Gasteiger partial charge in [-0.25, -0.2) is 0 Å². The monoisotopic (exact) mass is 208 g/mol. The summed E-state index contributed by atoms with van der Waals surface area (Å²) in [5.41, 5.74) is 1.16. The van der Waals surface area contributed by atoms with Crippen LogP contribution in [0.25, 0.3) is 0 Å². The van der Waals surface area contributed by atoms with Crippen LogP contribution in [0.2, 0.25) is 0 Å². The molecular formula is C12H20N2O. The Labute approximate surface area is 91.5 Å². The molecule has 0 aromatic carbocycles. The summed E-state index contributed by atoms with van der Waals surface area (Å²) >= 11 is 0. The molecule has 0 saturated carbocycles. The summed E-state index contributed by atoms with van der Waals surface area (Å²) in [6.45, 7) is 6.98. The summed E-state index contributed by atoms with van der Waals surface area (Å²) in [5, 5.41) is 4.23. The van der Waals surface area contributed by atoms with Crippen molar-refractivity contribution in [3.05, 3.63) is 18.0 Å².